The first kappa shape index (κ1) is 15.9. The standard InChI is InChI=1S/C14H21IN2O3/c1-19-8-10-11(15)14(18)17-13(16-10)12(20-2)9-6-4-3-5-7-9/h9,12H,3-8H2,1-2H3,(H,16,17,18). The average molecular weight is 392 g/mol. The third kappa shape index (κ3) is 3.59. The van der Waals surface area contributed by atoms with Crippen LogP contribution in [0.15, 0.2) is 4.79 Å². The summed E-state index contributed by atoms with van der Waals surface area (Å²) in [6.07, 6.45) is 5.88. The van der Waals surface area contributed by atoms with E-state index in [4.69, 9.17) is 9.47 Å². The monoisotopic (exact) mass is 392 g/mol. The third-order valence-electron chi connectivity index (χ3n) is 3.83. The number of aromatic nitrogens is 2. The molecule has 1 saturated carbocycles. The van der Waals surface area contributed by atoms with Gasteiger partial charge in [-0.15, -0.1) is 0 Å². The Morgan fingerprint density at radius 2 is 2.05 bits per heavy atom. The molecular weight excluding hydrogens is 371 g/mol. The van der Waals surface area contributed by atoms with Gasteiger partial charge in [-0.25, -0.2) is 4.98 Å². The molecule has 1 aromatic heterocycles. The number of nitrogens with zero attached hydrogens (tertiary/aromatic N) is 1. The van der Waals surface area contributed by atoms with Gasteiger partial charge in [0, 0.05) is 14.2 Å². The molecule has 1 heterocycles. The summed E-state index contributed by atoms with van der Waals surface area (Å²) < 4.78 is 11.3. The molecule has 1 fully saturated rings. The lowest BCUT2D eigenvalue weighted by atomic mass is 9.85. The first-order valence-electron chi connectivity index (χ1n) is 6.97. The Hall–Kier alpha value is -0.470. The summed E-state index contributed by atoms with van der Waals surface area (Å²) in [5, 5.41) is 0. The first-order valence-corrected chi connectivity index (χ1v) is 8.05. The summed E-state index contributed by atoms with van der Waals surface area (Å²) in [6, 6.07) is 0. The average Bonchev–Trinajstić information content (AvgIpc) is 2.46. The van der Waals surface area contributed by atoms with Crippen LogP contribution in [0.4, 0.5) is 0 Å². The van der Waals surface area contributed by atoms with E-state index < -0.39 is 0 Å². The highest BCUT2D eigenvalue weighted by molar-refractivity contribution is 14.1. The molecular formula is C14H21IN2O3. The van der Waals surface area contributed by atoms with E-state index in [9.17, 15) is 4.79 Å². The van der Waals surface area contributed by atoms with Crippen molar-refractivity contribution in [2.75, 3.05) is 14.2 Å². The molecule has 5 nitrogen and oxygen atoms in total. The molecule has 1 atom stereocenters. The lowest BCUT2D eigenvalue weighted by molar-refractivity contribution is 0.0282. The molecule has 2 rings (SSSR count). The zero-order chi connectivity index (χ0) is 14.5. The van der Waals surface area contributed by atoms with Crippen LogP contribution in [0.3, 0.4) is 0 Å². The van der Waals surface area contributed by atoms with Crippen molar-refractivity contribution in [2.45, 2.75) is 44.8 Å². The van der Waals surface area contributed by atoms with Crippen molar-refractivity contribution >= 4 is 22.6 Å². The van der Waals surface area contributed by atoms with E-state index in [-0.39, 0.29) is 11.7 Å². The number of hydrogen-bond acceptors (Lipinski definition) is 4. The molecule has 1 aromatic rings. The minimum atomic E-state index is -0.129. The maximum atomic E-state index is 12.0. The van der Waals surface area contributed by atoms with Crippen molar-refractivity contribution in [2.24, 2.45) is 5.92 Å². The van der Waals surface area contributed by atoms with Crippen LogP contribution in [-0.4, -0.2) is 24.2 Å². The van der Waals surface area contributed by atoms with Gasteiger partial charge in [0.1, 0.15) is 15.5 Å². The molecule has 6 heteroatoms. The molecule has 0 amide bonds. The zero-order valence-electron chi connectivity index (χ0n) is 11.9. The molecule has 0 aromatic carbocycles. The van der Waals surface area contributed by atoms with Gasteiger partial charge in [-0.2, -0.15) is 0 Å². The van der Waals surface area contributed by atoms with Crippen molar-refractivity contribution in [3.63, 3.8) is 0 Å². The summed E-state index contributed by atoms with van der Waals surface area (Å²) in [6.45, 7) is 0.344. The molecule has 0 spiro atoms. The van der Waals surface area contributed by atoms with Gasteiger partial charge >= 0.3 is 0 Å². The fraction of sp³-hybridized carbons (Fsp3) is 0.714. The highest BCUT2D eigenvalue weighted by atomic mass is 127. The fourth-order valence-corrected chi connectivity index (χ4v) is 3.27. The number of rotatable bonds is 5. The Balaban J connectivity index is 2.31. The fourth-order valence-electron chi connectivity index (χ4n) is 2.86. The lowest BCUT2D eigenvalue weighted by Gasteiger charge is -2.28. The molecule has 1 aliphatic rings. The Morgan fingerprint density at radius 3 is 2.65 bits per heavy atom. The number of halogens is 1. The highest BCUT2D eigenvalue weighted by Gasteiger charge is 2.27. The Kier molecular flexibility index (Phi) is 5.98. The third-order valence-corrected chi connectivity index (χ3v) is 4.94. The van der Waals surface area contributed by atoms with Crippen LogP contribution in [0.1, 0.15) is 49.7 Å². The highest BCUT2D eigenvalue weighted by Crippen LogP contribution is 2.35. The molecule has 1 unspecified atom stereocenters. The van der Waals surface area contributed by atoms with Gasteiger partial charge in [0.15, 0.2) is 0 Å². The van der Waals surface area contributed by atoms with Gasteiger partial charge in [-0.3, -0.25) is 4.79 Å². The molecule has 0 bridgehead atoms. The van der Waals surface area contributed by atoms with E-state index in [0.717, 1.165) is 12.8 Å². The molecule has 0 radical (unpaired) electrons. The number of hydrogen-bond donors (Lipinski definition) is 1. The summed E-state index contributed by atoms with van der Waals surface area (Å²) in [5.74, 6) is 1.07. The quantitative estimate of drug-likeness (QED) is 0.783. The zero-order valence-corrected chi connectivity index (χ0v) is 14.1. The molecule has 1 aliphatic carbocycles. The Labute approximate surface area is 132 Å². The summed E-state index contributed by atoms with van der Waals surface area (Å²) in [7, 11) is 3.29. The smallest absolute Gasteiger partial charge is 0.264 e. The van der Waals surface area contributed by atoms with Crippen LogP contribution in [0.25, 0.3) is 0 Å². The van der Waals surface area contributed by atoms with Gasteiger partial charge in [0.2, 0.25) is 0 Å². The lowest BCUT2D eigenvalue weighted by Crippen LogP contribution is -2.25. The number of nitrogens with one attached hydrogen (secondary N) is 1. The van der Waals surface area contributed by atoms with Gasteiger partial charge in [0.25, 0.3) is 5.56 Å². The van der Waals surface area contributed by atoms with Crippen LogP contribution in [-0.2, 0) is 16.1 Å². The topological polar surface area (TPSA) is 64.2 Å². The second kappa shape index (κ2) is 7.51. The molecule has 0 saturated heterocycles. The van der Waals surface area contributed by atoms with Crippen molar-refractivity contribution in [3.8, 4) is 0 Å². The van der Waals surface area contributed by atoms with Gasteiger partial charge in [-0.05, 0) is 41.4 Å². The number of aromatic amines is 1. The molecule has 112 valence electrons. The maximum Gasteiger partial charge on any atom is 0.264 e. The molecule has 0 aliphatic heterocycles. The number of ether oxygens (including phenoxy) is 2. The van der Waals surface area contributed by atoms with E-state index in [2.05, 4.69) is 9.97 Å². The maximum absolute atomic E-state index is 12.0. The number of methoxy groups -OCH3 is 2. The van der Waals surface area contributed by atoms with Crippen molar-refractivity contribution < 1.29 is 9.47 Å². The minimum Gasteiger partial charge on any atom is -0.378 e. The van der Waals surface area contributed by atoms with E-state index in [0.29, 0.717) is 27.6 Å². The Bertz CT molecular complexity index is 498. The largest absolute Gasteiger partial charge is 0.378 e. The Morgan fingerprint density at radius 1 is 1.35 bits per heavy atom. The summed E-state index contributed by atoms with van der Waals surface area (Å²) >= 11 is 2.01. The van der Waals surface area contributed by atoms with E-state index in [1.165, 1.54) is 19.3 Å². The number of H-pyrrole nitrogens is 1. The summed E-state index contributed by atoms with van der Waals surface area (Å²) in [5.41, 5.74) is 0.574. The second-order valence-corrected chi connectivity index (χ2v) is 6.28. The van der Waals surface area contributed by atoms with Gasteiger partial charge < -0.3 is 14.5 Å². The van der Waals surface area contributed by atoms with Crippen LogP contribution in [0, 0.1) is 9.49 Å². The first-order chi connectivity index (χ1) is 9.67. The molecule has 1 N–H and O–H groups in total. The predicted molar refractivity (Wildman–Crippen MR) is 84.6 cm³/mol. The van der Waals surface area contributed by atoms with Crippen LogP contribution in [0.5, 0.6) is 0 Å². The van der Waals surface area contributed by atoms with Crippen LogP contribution in [0.2, 0.25) is 0 Å². The van der Waals surface area contributed by atoms with Crippen LogP contribution < -0.4 is 5.56 Å². The van der Waals surface area contributed by atoms with Crippen LogP contribution >= 0.6 is 22.6 Å². The SMILES string of the molecule is COCc1nc(C(OC)C2CCCCC2)[nH]c(=O)c1I. The van der Waals surface area contributed by atoms with Crippen molar-refractivity contribution in [1.29, 1.82) is 0 Å². The van der Waals surface area contributed by atoms with E-state index in [1.807, 2.05) is 22.6 Å². The molecule has 20 heavy (non-hydrogen) atoms. The van der Waals surface area contributed by atoms with Gasteiger partial charge in [-0.1, -0.05) is 19.3 Å². The summed E-state index contributed by atoms with van der Waals surface area (Å²) in [4.78, 5) is 19.4. The predicted octanol–water partition coefficient (Wildman–Crippen LogP) is 2.79. The van der Waals surface area contributed by atoms with E-state index >= 15 is 0 Å². The van der Waals surface area contributed by atoms with Crippen molar-refractivity contribution in [1.82, 2.24) is 9.97 Å². The van der Waals surface area contributed by atoms with Crippen molar-refractivity contribution in [3.05, 3.63) is 25.4 Å². The minimum absolute atomic E-state index is 0.111. The second-order valence-electron chi connectivity index (χ2n) is 5.20. The van der Waals surface area contributed by atoms with Gasteiger partial charge in [0.05, 0.1) is 12.3 Å². The normalized spacial score (nSPS) is 18.1. The van der Waals surface area contributed by atoms with E-state index in [1.54, 1.807) is 14.2 Å².